The average Bonchev–Trinajstić information content (AvgIpc) is 2.16. The zero-order valence-electron chi connectivity index (χ0n) is 7.41. The number of hydrogen-bond acceptors (Lipinski definition) is 4. The molecule has 0 N–H and O–H groups in total. The van der Waals surface area contributed by atoms with E-state index in [0.29, 0.717) is 13.2 Å². The first-order valence-corrected chi connectivity index (χ1v) is 4.07. The van der Waals surface area contributed by atoms with Crippen LogP contribution in [-0.4, -0.2) is 38.0 Å². The summed E-state index contributed by atoms with van der Waals surface area (Å²) in [5, 5.41) is 0. The summed E-state index contributed by atoms with van der Waals surface area (Å²) in [6.07, 6.45) is -0.732. The number of rotatable bonds is 2. The molecule has 1 aliphatic heterocycles. The monoisotopic (exact) mass is 174 g/mol. The van der Waals surface area contributed by atoms with Gasteiger partial charge in [0.1, 0.15) is 6.61 Å². The summed E-state index contributed by atoms with van der Waals surface area (Å²) in [5.41, 5.74) is 0. The summed E-state index contributed by atoms with van der Waals surface area (Å²) in [6, 6.07) is 0. The van der Waals surface area contributed by atoms with Crippen LogP contribution in [0, 0.1) is 0 Å². The summed E-state index contributed by atoms with van der Waals surface area (Å²) >= 11 is 0. The molecule has 4 nitrogen and oxygen atoms in total. The second-order valence-corrected chi connectivity index (χ2v) is 2.91. The molecule has 1 heterocycles. The highest BCUT2D eigenvalue weighted by Gasteiger charge is 2.23. The minimum atomic E-state index is -0.729. The Morgan fingerprint density at radius 2 is 2.25 bits per heavy atom. The maximum Gasteiger partial charge on any atom is 0.220 e. The quantitative estimate of drug-likeness (QED) is 0.606. The Balaban J connectivity index is 2.42. The summed E-state index contributed by atoms with van der Waals surface area (Å²) in [6.45, 7) is 4.70. The van der Waals surface area contributed by atoms with Crippen LogP contribution in [0.4, 0.5) is 0 Å². The lowest BCUT2D eigenvalue weighted by atomic mass is 10.4. The predicted octanol–water partition coefficient (Wildman–Crippen LogP) is 0.353. The van der Waals surface area contributed by atoms with Crippen molar-refractivity contribution in [2.45, 2.75) is 26.2 Å². The minimum Gasteiger partial charge on any atom is -0.371 e. The van der Waals surface area contributed by atoms with Crippen molar-refractivity contribution >= 4 is 5.78 Å². The molecule has 1 fully saturated rings. The third-order valence-electron chi connectivity index (χ3n) is 1.40. The summed E-state index contributed by atoms with van der Waals surface area (Å²) < 4.78 is 15.3. The van der Waals surface area contributed by atoms with Gasteiger partial charge >= 0.3 is 0 Å². The van der Waals surface area contributed by atoms with Gasteiger partial charge in [-0.2, -0.15) is 0 Å². The molecule has 0 aliphatic carbocycles. The van der Waals surface area contributed by atoms with Crippen LogP contribution in [0.15, 0.2) is 0 Å². The molecule has 1 rings (SSSR count). The van der Waals surface area contributed by atoms with Gasteiger partial charge < -0.3 is 14.2 Å². The van der Waals surface area contributed by atoms with Gasteiger partial charge in [0.2, 0.25) is 12.1 Å². The normalized spacial score (nSPS) is 25.9. The Bertz CT molecular complexity index is 155. The van der Waals surface area contributed by atoms with E-state index in [-0.39, 0.29) is 18.5 Å². The van der Waals surface area contributed by atoms with Crippen LogP contribution in [0.1, 0.15) is 13.8 Å². The van der Waals surface area contributed by atoms with Gasteiger partial charge in [0.25, 0.3) is 0 Å². The first kappa shape index (κ1) is 9.64. The first-order chi connectivity index (χ1) is 5.70. The van der Waals surface area contributed by atoms with Crippen LogP contribution >= 0.6 is 0 Å². The molecule has 12 heavy (non-hydrogen) atoms. The van der Waals surface area contributed by atoms with Gasteiger partial charge in [-0.1, -0.05) is 0 Å². The molecule has 0 spiro atoms. The molecule has 0 radical (unpaired) electrons. The van der Waals surface area contributed by atoms with Gasteiger partial charge in [0.15, 0.2) is 0 Å². The van der Waals surface area contributed by atoms with Gasteiger partial charge in [-0.15, -0.1) is 0 Å². The second kappa shape index (κ2) is 4.54. The third kappa shape index (κ3) is 2.89. The van der Waals surface area contributed by atoms with E-state index in [1.54, 1.807) is 0 Å². The molecule has 70 valence electrons. The van der Waals surface area contributed by atoms with Crippen molar-refractivity contribution < 1.29 is 19.0 Å². The average molecular weight is 174 g/mol. The fourth-order valence-corrected chi connectivity index (χ4v) is 0.910. The lowest BCUT2D eigenvalue weighted by molar-refractivity contribution is -0.175. The lowest BCUT2D eigenvalue weighted by Crippen LogP contribution is -2.30. The highest BCUT2D eigenvalue weighted by Crippen LogP contribution is 2.05. The number of carbonyl (C=O) groups excluding carboxylic acids is 1. The van der Waals surface area contributed by atoms with E-state index in [0.717, 1.165) is 0 Å². The Morgan fingerprint density at radius 3 is 2.92 bits per heavy atom. The van der Waals surface area contributed by atoms with Crippen LogP contribution in [0.25, 0.3) is 0 Å². The van der Waals surface area contributed by atoms with E-state index in [4.69, 9.17) is 14.2 Å². The van der Waals surface area contributed by atoms with Crippen LogP contribution < -0.4 is 0 Å². The van der Waals surface area contributed by atoms with Crippen molar-refractivity contribution in [1.82, 2.24) is 0 Å². The lowest BCUT2D eigenvalue weighted by Gasteiger charge is -2.16. The second-order valence-electron chi connectivity index (χ2n) is 2.91. The zero-order valence-corrected chi connectivity index (χ0v) is 7.41. The number of ketones is 1. The molecule has 0 amide bonds. The van der Waals surface area contributed by atoms with Crippen molar-refractivity contribution in [2.24, 2.45) is 0 Å². The Kier molecular flexibility index (Phi) is 3.65. The van der Waals surface area contributed by atoms with E-state index in [9.17, 15) is 4.79 Å². The van der Waals surface area contributed by atoms with Crippen molar-refractivity contribution in [2.75, 3.05) is 19.8 Å². The molecule has 1 aliphatic rings. The molecule has 0 aromatic rings. The number of ether oxygens (including phenoxy) is 3. The van der Waals surface area contributed by atoms with Crippen LogP contribution in [0.2, 0.25) is 0 Å². The molecule has 4 heteroatoms. The highest BCUT2D eigenvalue weighted by atomic mass is 16.7. The minimum absolute atomic E-state index is 0.00273. The maximum absolute atomic E-state index is 11.2. The summed E-state index contributed by atoms with van der Waals surface area (Å²) in [7, 11) is 0. The number of hydrogen-bond donors (Lipinski definition) is 0. The first-order valence-electron chi connectivity index (χ1n) is 4.07. The van der Waals surface area contributed by atoms with Crippen LogP contribution in [0.3, 0.4) is 0 Å². The van der Waals surface area contributed by atoms with E-state index in [1.807, 2.05) is 13.8 Å². The van der Waals surface area contributed by atoms with Crippen molar-refractivity contribution in [1.29, 1.82) is 0 Å². The molecule has 0 aromatic heterocycles. The fraction of sp³-hybridized carbons (Fsp3) is 0.875. The fourth-order valence-electron chi connectivity index (χ4n) is 0.910. The van der Waals surface area contributed by atoms with Gasteiger partial charge in [-0.3, -0.25) is 4.79 Å². The predicted molar refractivity (Wildman–Crippen MR) is 41.8 cm³/mol. The van der Waals surface area contributed by atoms with E-state index in [1.165, 1.54) is 0 Å². The molecule has 0 saturated carbocycles. The van der Waals surface area contributed by atoms with Gasteiger partial charge in [-0.25, -0.2) is 0 Å². The van der Waals surface area contributed by atoms with Gasteiger partial charge in [0, 0.05) is 0 Å². The smallest absolute Gasteiger partial charge is 0.220 e. The molecule has 1 saturated heterocycles. The van der Waals surface area contributed by atoms with E-state index < -0.39 is 6.29 Å². The standard InChI is InChI=1S/C8H14O4/c1-6(2)12-8-7(9)5-10-3-4-11-8/h6,8H,3-5H2,1-2H3. The molecule has 1 atom stereocenters. The summed E-state index contributed by atoms with van der Waals surface area (Å²) in [5.74, 6) is -0.138. The Hall–Kier alpha value is -0.450. The molecule has 0 aromatic carbocycles. The van der Waals surface area contributed by atoms with E-state index in [2.05, 4.69) is 0 Å². The van der Waals surface area contributed by atoms with Gasteiger partial charge in [0.05, 0.1) is 19.3 Å². The SMILES string of the molecule is CC(C)OC1OCCOCC1=O. The number of Topliss-reactive ketones (excluding diaryl/α,β-unsaturated/α-hetero) is 1. The maximum atomic E-state index is 11.2. The summed E-state index contributed by atoms with van der Waals surface area (Å²) in [4.78, 5) is 11.2. The molecular weight excluding hydrogens is 160 g/mol. The molecular formula is C8H14O4. The zero-order chi connectivity index (χ0) is 8.97. The largest absolute Gasteiger partial charge is 0.371 e. The topological polar surface area (TPSA) is 44.8 Å². The molecule has 0 bridgehead atoms. The van der Waals surface area contributed by atoms with E-state index >= 15 is 0 Å². The number of carbonyl (C=O) groups is 1. The Labute approximate surface area is 71.8 Å². The van der Waals surface area contributed by atoms with Crippen LogP contribution in [-0.2, 0) is 19.0 Å². The highest BCUT2D eigenvalue weighted by molar-refractivity contribution is 5.83. The van der Waals surface area contributed by atoms with Crippen molar-refractivity contribution in [3.8, 4) is 0 Å². The van der Waals surface area contributed by atoms with Gasteiger partial charge in [-0.05, 0) is 13.8 Å². The third-order valence-corrected chi connectivity index (χ3v) is 1.40. The van der Waals surface area contributed by atoms with Crippen molar-refractivity contribution in [3.63, 3.8) is 0 Å². The van der Waals surface area contributed by atoms with Crippen molar-refractivity contribution in [3.05, 3.63) is 0 Å². The Morgan fingerprint density at radius 1 is 1.50 bits per heavy atom. The molecule has 1 unspecified atom stereocenters. The van der Waals surface area contributed by atoms with Crippen LogP contribution in [0.5, 0.6) is 0 Å².